The Morgan fingerprint density at radius 2 is 1.50 bits per heavy atom. The maximum atomic E-state index is 14.2. The summed E-state index contributed by atoms with van der Waals surface area (Å²) in [6, 6.07) is 22.8. The Kier molecular flexibility index (Phi) is 10.5. The highest BCUT2D eigenvalue weighted by Gasteiger charge is 2.34. The van der Waals surface area contributed by atoms with E-state index >= 15 is 0 Å². The Balaban J connectivity index is 1.72. The Bertz CT molecular complexity index is 1450. The molecule has 3 aromatic rings. The molecule has 0 spiro atoms. The van der Waals surface area contributed by atoms with Gasteiger partial charge in [-0.05, 0) is 36.1 Å². The summed E-state index contributed by atoms with van der Waals surface area (Å²) in [5.41, 5.74) is 2.00. The third-order valence-electron chi connectivity index (χ3n) is 6.94. The lowest BCUT2D eigenvalue weighted by Gasteiger charge is -2.34. The van der Waals surface area contributed by atoms with Crippen LogP contribution in [0.4, 0.5) is 5.69 Å². The topological polar surface area (TPSA) is 105 Å². The number of nitrogens with one attached hydrogen (secondary N) is 1. The van der Waals surface area contributed by atoms with Crippen molar-refractivity contribution in [3.63, 3.8) is 0 Å². The molecule has 0 saturated heterocycles. The molecule has 0 aromatic heterocycles. The highest BCUT2D eigenvalue weighted by atomic mass is 32.2. The molecular formula is C32H39N3O6S. The largest absolute Gasteiger partial charge is 0.486 e. The van der Waals surface area contributed by atoms with Crippen molar-refractivity contribution >= 4 is 27.5 Å². The molecule has 1 N–H and O–H groups in total. The zero-order valence-corrected chi connectivity index (χ0v) is 25.2. The van der Waals surface area contributed by atoms with E-state index in [0.29, 0.717) is 31.3 Å². The number of nitrogens with zero attached hydrogens (tertiary/aromatic N) is 2. The predicted octanol–water partition coefficient (Wildman–Crippen LogP) is 4.03. The molecule has 0 radical (unpaired) electrons. The molecule has 0 aliphatic carbocycles. The minimum Gasteiger partial charge on any atom is -0.486 e. The smallest absolute Gasteiger partial charge is 0.244 e. The van der Waals surface area contributed by atoms with Gasteiger partial charge in [0.25, 0.3) is 0 Å². The molecule has 2 amide bonds. The first kappa shape index (κ1) is 30.9. The third-order valence-corrected chi connectivity index (χ3v) is 8.69. The maximum absolute atomic E-state index is 14.2. The van der Waals surface area contributed by atoms with Crippen LogP contribution < -0.4 is 19.1 Å². The van der Waals surface area contributed by atoms with Crippen molar-refractivity contribution in [3.8, 4) is 11.5 Å². The summed E-state index contributed by atoms with van der Waals surface area (Å²) in [7, 11) is -3.88. The van der Waals surface area contributed by atoms with Gasteiger partial charge in [0, 0.05) is 25.6 Å². The molecule has 3 aromatic carbocycles. The number of carbonyl (C=O) groups excluding carboxylic acids is 2. The number of sulfonamides is 1. The Labute approximate surface area is 248 Å². The summed E-state index contributed by atoms with van der Waals surface area (Å²) < 4.78 is 39.1. The zero-order chi connectivity index (χ0) is 30.1. The highest BCUT2D eigenvalue weighted by Crippen LogP contribution is 2.35. The number of anilines is 1. The van der Waals surface area contributed by atoms with E-state index in [9.17, 15) is 18.0 Å². The number of amides is 2. The quantitative estimate of drug-likeness (QED) is 0.321. The van der Waals surface area contributed by atoms with Crippen LogP contribution in [0.25, 0.3) is 0 Å². The van der Waals surface area contributed by atoms with Gasteiger partial charge in [-0.1, -0.05) is 74.5 Å². The van der Waals surface area contributed by atoms with Gasteiger partial charge in [-0.25, -0.2) is 8.42 Å². The van der Waals surface area contributed by atoms with Gasteiger partial charge < -0.3 is 19.7 Å². The van der Waals surface area contributed by atoms with Gasteiger partial charge in [0.1, 0.15) is 25.8 Å². The second-order valence-electron chi connectivity index (χ2n) is 10.6. The van der Waals surface area contributed by atoms with E-state index in [-0.39, 0.29) is 36.2 Å². The zero-order valence-electron chi connectivity index (χ0n) is 24.4. The molecule has 0 saturated carbocycles. The van der Waals surface area contributed by atoms with Crippen molar-refractivity contribution in [2.45, 2.75) is 39.8 Å². The number of fused-ring (bicyclic) bond motifs is 1. The van der Waals surface area contributed by atoms with Crippen LogP contribution in [-0.4, -0.2) is 63.2 Å². The second-order valence-corrected chi connectivity index (χ2v) is 12.8. The average Bonchev–Trinajstić information content (AvgIpc) is 3.01. The molecule has 42 heavy (non-hydrogen) atoms. The minimum absolute atomic E-state index is 0.132. The summed E-state index contributed by atoms with van der Waals surface area (Å²) in [4.78, 5) is 29.4. The first-order chi connectivity index (χ1) is 20.2. The third kappa shape index (κ3) is 8.03. The lowest BCUT2D eigenvalue weighted by Crippen LogP contribution is -2.53. The van der Waals surface area contributed by atoms with Gasteiger partial charge in [-0.2, -0.15) is 0 Å². The summed E-state index contributed by atoms with van der Waals surface area (Å²) in [5, 5.41) is 2.99. The maximum Gasteiger partial charge on any atom is 0.244 e. The van der Waals surface area contributed by atoms with Crippen LogP contribution >= 0.6 is 0 Å². The van der Waals surface area contributed by atoms with E-state index in [1.807, 2.05) is 74.5 Å². The molecule has 10 heteroatoms. The van der Waals surface area contributed by atoms with Gasteiger partial charge in [-0.3, -0.25) is 13.9 Å². The monoisotopic (exact) mass is 593 g/mol. The molecule has 1 heterocycles. The highest BCUT2D eigenvalue weighted by molar-refractivity contribution is 7.92. The van der Waals surface area contributed by atoms with Gasteiger partial charge in [0.05, 0.1) is 11.4 Å². The van der Waals surface area contributed by atoms with Gasteiger partial charge in [0.15, 0.2) is 11.5 Å². The second kappa shape index (κ2) is 14.2. The lowest BCUT2D eigenvalue weighted by molar-refractivity contribution is -0.140. The molecular weight excluding hydrogens is 554 g/mol. The molecule has 4 rings (SSSR count). The SMILES string of the molecule is CCS(=O)(=O)N(CC(=O)N(Cc1ccccc1)[C@@H](Cc1ccccc1)C(=O)NCC(C)C)c1ccc2c(c1)OCCO2. The fraction of sp³-hybridized carbons (Fsp3) is 0.375. The van der Waals surface area contributed by atoms with E-state index in [0.717, 1.165) is 15.4 Å². The molecule has 9 nitrogen and oxygen atoms in total. The number of hydrogen-bond acceptors (Lipinski definition) is 6. The summed E-state index contributed by atoms with van der Waals surface area (Å²) in [5.74, 6) is 0.146. The molecule has 1 atom stereocenters. The number of ether oxygens (including phenoxy) is 2. The summed E-state index contributed by atoms with van der Waals surface area (Å²) >= 11 is 0. The van der Waals surface area contributed by atoms with E-state index in [1.54, 1.807) is 18.2 Å². The van der Waals surface area contributed by atoms with Crippen LogP contribution in [-0.2, 0) is 32.6 Å². The molecule has 1 aliphatic rings. The molecule has 0 unspecified atom stereocenters. The number of carbonyl (C=O) groups is 2. The van der Waals surface area contributed by atoms with Crippen molar-refractivity contribution in [3.05, 3.63) is 90.0 Å². The van der Waals surface area contributed by atoms with Gasteiger partial charge >= 0.3 is 0 Å². The van der Waals surface area contributed by atoms with Crippen LogP contribution in [0, 0.1) is 5.92 Å². The van der Waals surface area contributed by atoms with Crippen LogP contribution in [0.2, 0.25) is 0 Å². The summed E-state index contributed by atoms with van der Waals surface area (Å²) in [6.07, 6.45) is 0.272. The van der Waals surface area contributed by atoms with Crippen molar-refractivity contribution in [2.24, 2.45) is 5.92 Å². The van der Waals surface area contributed by atoms with Gasteiger partial charge in [0.2, 0.25) is 21.8 Å². The number of benzene rings is 3. The molecule has 1 aliphatic heterocycles. The van der Waals surface area contributed by atoms with E-state index in [1.165, 1.54) is 11.8 Å². The van der Waals surface area contributed by atoms with E-state index < -0.39 is 28.5 Å². The minimum atomic E-state index is -3.88. The molecule has 224 valence electrons. The van der Waals surface area contributed by atoms with Crippen LogP contribution in [0.5, 0.6) is 11.5 Å². The van der Waals surface area contributed by atoms with Crippen molar-refractivity contribution in [2.75, 3.05) is 36.4 Å². The first-order valence-corrected chi connectivity index (χ1v) is 15.8. The average molecular weight is 594 g/mol. The molecule has 0 fully saturated rings. The van der Waals surface area contributed by atoms with Crippen LogP contribution in [0.3, 0.4) is 0 Å². The number of rotatable bonds is 13. The summed E-state index contributed by atoms with van der Waals surface area (Å²) in [6.45, 7) is 6.37. The first-order valence-electron chi connectivity index (χ1n) is 14.2. The Morgan fingerprint density at radius 3 is 2.12 bits per heavy atom. The van der Waals surface area contributed by atoms with Crippen LogP contribution in [0.1, 0.15) is 31.9 Å². The van der Waals surface area contributed by atoms with E-state index in [2.05, 4.69) is 5.32 Å². The van der Waals surface area contributed by atoms with E-state index in [4.69, 9.17) is 9.47 Å². The standard InChI is InChI=1S/C32H39N3O6S/c1-4-42(38,39)35(27-15-16-29-30(20-27)41-18-17-40-29)23-31(36)34(22-26-13-9-6-10-14-26)28(32(37)33-21-24(2)3)19-25-11-7-5-8-12-25/h5-16,20,24,28H,4,17-19,21-23H2,1-3H3,(H,33,37)/t28-/m0/s1. The Hall–Kier alpha value is -4.05. The fourth-order valence-electron chi connectivity index (χ4n) is 4.66. The van der Waals surface area contributed by atoms with Crippen LogP contribution in [0.15, 0.2) is 78.9 Å². The fourth-order valence-corrected chi connectivity index (χ4v) is 5.72. The normalized spacial score (nSPS) is 13.3. The van der Waals surface area contributed by atoms with Crippen molar-refractivity contribution < 1.29 is 27.5 Å². The van der Waals surface area contributed by atoms with Crippen molar-refractivity contribution in [1.82, 2.24) is 10.2 Å². The lowest BCUT2D eigenvalue weighted by atomic mass is 10.0. The molecule has 0 bridgehead atoms. The van der Waals surface area contributed by atoms with Gasteiger partial charge in [-0.15, -0.1) is 0 Å². The van der Waals surface area contributed by atoms with Crippen molar-refractivity contribution in [1.29, 1.82) is 0 Å². The number of hydrogen-bond donors (Lipinski definition) is 1. The predicted molar refractivity (Wildman–Crippen MR) is 163 cm³/mol. The Morgan fingerprint density at radius 1 is 0.881 bits per heavy atom.